The SMILES string of the molecule is O=C(O)[C@@H]1[C@@H]2C[C@H]([C@@H]1C(=O)O)[C@H](O)C2. The first-order valence-electron chi connectivity index (χ1n) is 4.66. The van der Waals surface area contributed by atoms with Crippen LogP contribution in [0.4, 0.5) is 0 Å². The van der Waals surface area contributed by atoms with E-state index in [1.165, 1.54) is 0 Å². The maximum absolute atomic E-state index is 10.9. The van der Waals surface area contributed by atoms with Crippen LogP contribution in [0.5, 0.6) is 0 Å². The van der Waals surface area contributed by atoms with Gasteiger partial charge >= 0.3 is 11.9 Å². The van der Waals surface area contributed by atoms with E-state index in [1.807, 2.05) is 0 Å². The second-order valence-corrected chi connectivity index (χ2v) is 4.19. The van der Waals surface area contributed by atoms with Crippen molar-refractivity contribution in [2.75, 3.05) is 0 Å². The Labute approximate surface area is 80.4 Å². The van der Waals surface area contributed by atoms with Crippen LogP contribution >= 0.6 is 0 Å². The molecule has 0 aliphatic heterocycles. The summed E-state index contributed by atoms with van der Waals surface area (Å²) in [6.07, 6.45) is 0.345. The standard InChI is InChI=1S/C9H12O5/c10-5-2-3-1-4(5)7(9(13)14)6(3)8(11)12/h3-7,10H,1-2H2,(H,11,12)(H,13,14)/t3-,4+,5-,6-,7+/m1/s1. The van der Waals surface area contributed by atoms with Crippen LogP contribution in [0.25, 0.3) is 0 Å². The fourth-order valence-corrected chi connectivity index (χ4v) is 3.02. The monoisotopic (exact) mass is 200 g/mol. The van der Waals surface area contributed by atoms with Crippen molar-refractivity contribution in [2.24, 2.45) is 23.7 Å². The fourth-order valence-electron chi connectivity index (χ4n) is 3.02. The third-order valence-electron chi connectivity index (χ3n) is 3.54. The number of carboxylic acid groups (broad SMARTS) is 2. The van der Waals surface area contributed by atoms with Gasteiger partial charge in [0.25, 0.3) is 0 Å². The second-order valence-electron chi connectivity index (χ2n) is 4.19. The molecule has 0 saturated heterocycles. The highest BCUT2D eigenvalue weighted by molar-refractivity contribution is 5.81. The fraction of sp³-hybridized carbons (Fsp3) is 0.778. The van der Waals surface area contributed by atoms with Gasteiger partial charge in [0.05, 0.1) is 17.9 Å². The maximum Gasteiger partial charge on any atom is 0.307 e. The predicted octanol–water partition coefficient (Wildman–Crippen LogP) is -0.211. The highest BCUT2D eigenvalue weighted by atomic mass is 16.4. The third-order valence-corrected chi connectivity index (χ3v) is 3.54. The van der Waals surface area contributed by atoms with Crippen molar-refractivity contribution < 1.29 is 24.9 Å². The summed E-state index contributed by atoms with van der Waals surface area (Å²) < 4.78 is 0. The van der Waals surface area contributed by atoms with E-state index in [0.717, 1.165) is 0 Å². The van der Waals surface area contributed by atoms with Gasteiger partial charge in [0, 0.05) is 0 Å². The van der Waals surface area contributed by atoms with Crippen LogP contribution in [0.2, 0.25) is 0 Å². The van der Waals surface area contributed by atoms with Crippen molar-refractivity contribution in [1.82, 2.24) is 0 Å². The molecule has 0 heterocycles. The van der Waals surface area contributed by atoms with E-state index >= 15 is 0 Å². The Bertz CT molecular complexity index is 287. The van der Waals surface area contributed by atoms with Crippen molar-refractivity contribution in [3.05, 3.63) is 0 Å². The zero-order chi connectivity index (χ0) is 10.5. The Balaban J connectivity index is 2.27. The minimum Gasteiger partial charge on any atom is -0.481 e. The third kappa shape index (κ3) is 1.12. The molecule has 2 saturated carbocycles. The lowest BCUT2D eigenvalue weighted by Crippen LogP contribution is -2.39. The molecule has 2 aliphatic carbocycles. The molecule has 3 N–H and O–H groups in total. The van der Waals surface area contributed by atoms with Gasteiger partial charge in [-0.1, -0.05) is 0 Å². The quantitative estimate of drug-likeness (QED) is 0.573. The first-order valence-corrected chi connectivity index (χ1v) is 4.66. The van der Waals surface area contributed by atoms with E-state index in [1.54, 1.807) is 0 Å². The van der Waals surface area contributed by atoms with E-state index in [4.69, 9.17) is 10.2 Å². The van der Waals surface area contributed by atoms with Gasteiger partial charge in [0.15, 0.2) is 0 Å². The number of fused-ring (bicyclic) bond motifs is 2. The number of aliphatic hydroxyl groups excluding tert-OH is 1. The van der Waals surface area contributed by atoms with Gasteiger partial charge in [-0.3, -0.25) is 9.59 Å². The Morgan fingerprint density at radius 2 is 1.57 bits per heavy atom. The normalized spacial score (nSPS) is 45.4. The van der Waals surface area contributed by atoms with Crippen molar-refractivity contribution in [2.45, 2.75) is 18.9 Å². The molecule has 78 valence electrons. The molecule has 5 atom stereocenters. The van der Waals surface area contributed by atoms with Gasteiger partial charge in [-0.25, -0.2) is 0 Å². The zero-order valence-electron chi connectivity index (χ0n) is 7.46. The number of aliphatic carboxylic acids is 2. The molecule has 2 rings (SSSR count). The van der Waals surface area contributed by atoms with E-state index in [2.05, 4.69) is 0 Å². The van der Waals surface area contributed by atoms with E-state index in [-0.39, 0.29) is 11.8 Å². The largest absolute Gasteiger partial charge is 0.481 e. The highest BCUT2D eigenvalue weighted by Crippen LogP contribution is 2.52. The van der Waals surface area contributed by atoms with Gasteiger partial charge in [0.2, 0.25) is 0 Å². The van der Waals surface area contributed by atoms with Crippen molar-refractivity contribution in [3.63, 3.8) is 0 Å². The Morgan fingerprint density at radius 3 is 2.07 bits per heavy atom. The predicted molar refractivity (Wildman–Crippen MR) is 44.5 cm³/mol. The highest BCUT2D eigenvalue weighted by Gasteiger charge is 2.58. The number of hydrogen-bond donors (Lipinski definition) is 3. The number of aliphatic hydroxyl groups is 1. The number of rotatable bonds is 2. The summed E-state index contributed by atoms with van der Waals surface area (Å²) in [7, 11) is 0. The molecule has 0 aromatic rings. The smallest absolute Gasteiger partial charge is 0.307 e. The molecular formula is C9H12O5. The Morgan fingerprint density at radius 1 is 1.00 bits per heavy atom. The lowest BCUT2D eigenvalue weighted by Gasteiger charge is -2.27. The molecule has 0 unspecified atom stereocenters. The first kappa shape index (κ1) is 9.45. The van der Waals surface area contributed by atoms with Gasteiger partial charge in [-0.2, -0.15) is 0 Å². The lowest BCUT2D eigenvalue weighted by molar-refractivity contribution is -0.158. The minimum absolute atomic E-state index is 0.159. The van der Waals surface area contributed by atoms with Crippen LogP contribution in [-0.2, 0) is 9.59 Å². The van der Waals surface area contributed by atoms with Gasteiger partial charge in [-0.15, -0.1) is 0 Å². The van der Waals surface area contributed by atoms with Crippen LogP contribution in [0.15, 0.2) is 0 Å². The van der Waals surface area contributed by atoms with Crippen LogP contribution < -0.4 is 0 Å². The van der Waals surface area contributed by atoms with Gasteiger partial charge in [0.1, 0.15) is 0 Å². The summed E-state index contributed by atoms with van der Waals surface area (Å²) in [5.41, 5.74) is 0. The summed E-state index contributed by atoms with van der Waals surface area (Å²) in [6, 6.07) is 0. The average molecular weight is 200 g/mol. The summed E-state index contributed by atoms with van der Waals surface area (Å²) in [5, 5.41) is 27.3. The molecule has 0 radical (unpaired) electrons. The molecular weight excluding hydrogens is 188 g/mol. The van der Waals surface area contributed by atoms with Crippen molar-refractivity contribution in [3.8, 4) is 0 Å². The summed E-state index contributed by atoms with van der Waals surface area (Å²) in [4.78, 5) is 21.7. The molecule has 0 aromatic carbocycles. The van der Waals surface area contributed by atoms with Crippen molar-refractivity contribution in [1.29, 1.82) is 0 Å². The topological polar surface area (TPSA) is 94.8 Å². The van der Waals surface area contributed by atoms with E-state index in [9.17, 15) is 14.7 Å². The van der Waals surface area contributed by atoms with E-state index in [0.29, 0.717) is 12.8 Å². The molecule has 5 nitrogen and oxygen atoms in total. The molecule has 14 heavy (non-hydrogen) atoms. The molecule has 0 spiro atoms. The van der Waals surface area contributed by atoms with Crippen LogP contribution in [0.1, 0.15) is 12.8 Å². The summed E-state index contributed by atoms with van der Waals surface area (Å²) >= 11 is 0. The number of carbonyl (C=O) groups is 2. The average Bonchev–Trinajstić information content (AvgIpc) is 2.58. The van der Waals surface area contributed by atoms with Crippen molar-refractivity contribution >= 4 is 11.9 Å². The van der Waals surface area contributed by atoms with Crippen LogP contribution in [0, 0.1) is 23.7 Å². The lowest BCUT2D eigenvalue weighted by atomic mass is 9.78. The second kappa shape index (κ2) is 2.95. The summed E-state index contributed by atoms with van der Waals surface area (Å²) in [5.74, 6) is -4.37. The maximum atomic E-state index is 10.9. The Kier molecular flexibility index (Phi) is 1.99. The molecule has 2 aliphatic rings. The molecule has 5 heteroatoms. The number of hydrogen-bond acceptors (Lipinski definition) is 3. The van der Waals surface area contributed by atoms with Gasteiger partial charge < -0.3 is 15.3 Å². The summed E-state index contributed by atoms with van der Waals surface area (Å²) in [6.45, 7) is 0. The van der Waals surface area contributed by atoms with E-state index < -0.39 is 29.9 Å². The zero-order valence-corrected chi connectivity index (χ0v) is 7.46. The molecule has 0 amide bonds. The Hall–Kier alpha value is -1.10. The number of carboxylic acids is 2. The van der Waals surface area contributed by atoms with Crippen LogP contribution in [0.3, 0.4) is 0 Å². The minimum atomic E-state index is -1.09. The van der Waals surface area contributed by atoms with Gasteiger partial charge in [-0.05, 0) is 24.7 Å². The first-order chi connectivity index (χ1) is 6.52. The molecule has 2 fully saturated rings. The van der Waals surface area contributed by atoms with Crippen LogP contribution in [-0.4, -0.2) is 33.4 Å². The molecule has 2 bridgehead atoms. The molecule has 0 aromatic heterocycles.